The van der Waals surface area contributed by atoms with Crippen LogP contribution in [-0.4, -0.2) is 29.0 Å². The number of H-pyrrole nitrogens is 1. The second-order valence-corrected chi connectivity index (χ2v) is 7.68. The van der Waals surface area contributed by atoms with Gasteiger partial charge in [0.1, 0.15) is 5.82 Å². The molecule has 0 saturated carbocycles. The number of urea groups is 1. The molecule has 6 heteroatoms. The number of carbonyl (C=O) groups excluding carboxylic acids is 1. The maximum absolute atomic E-state index is 13.6. The van der Waals surface area contributed by atoms with Gasteiger partial charge in [-0.3, -0.25) is 0 Å². The Hall–Kier alpha value is -3.02. The maximum atomic E-state index is 13.6. The summed E-state index contributed by atoms with van der Waals surface area (Å²) in [6.07, 6.45) is 5.51. The predicted octanol–water partition coefficient (Wildman–Crippen LogP) is 4.85. The molecule has 144 valence electrons. The standard InChI is InChI=1S/C22H23FN4O/c23-17-5-7-20-19(11-17)21(12-24-20)25-22(28)27-13-15-4-6-18(10-16(15)14-27)26-8-2-1-3-9-26/h4-7,10-12,24H,1-3,8-9,13-14H2,(H,25,28). The lowest BCUT2D eigenvalue weighted by Gasteiger charge is -2.29. The number of amides is 2. The van der Waals surface area contributed by atoms with Crippen molar-refractivity contribution in [2.45, 2.75) is 32.4 Å². The first-order valence-corrected chi connectivity index (χ1v) is 9.87. The van der Waals surface area contributed by atoms with E-state index >= 15 is 0 Å². The molecule has 3 heterocycles. The molecule has 3 aromatic rings. The van der Waals surface area contributed by atoms with Gasteiger partial charge in [-0.1, -0.05) is 6.07 Å². The summed E-state index contributed by atoms with van der Waals surface area (Å²) >= 11 is 0. The molecule has 2 amide bonds. The molecule has 0 bridgehead atoms. The van der Waals surface area contributed by atoms with Crippen LogP contribution in [0.1, 0.15) is 30.4 Å². The van der Waals surface area contributed by atoms with Crippen molar-refractivity contribution >= 4 is 28.3 Å². The highest BCUT2D eigenvalue weighted by Gasteiger charge is 2.25. The zero-order valence-electron chi connectivity index (χ0n) is 15.7. The first-order valence-electron chi connectivity index (χ1n) is 9.87. The van der Waals surface area contributed by atoms with Crippen LogP contribution in [0.3, 0.4) is 0 Å². The Morgan fingerprint density at radius 3 is 2.68 bits per heavy atom. The molecule has 5 rings (SSSR count). The number of benzene rings is 2. The van der Waals surface area contributed by atoms with E-state index in [2.05, 4.69) is 33.4 Å². The monoisotopic (exact) mass is 378 g/mol. The number of hydrogen-bond acceptors (Lipinski definition) is 2. The largest absolute Gasteiger partial charge is 0.372 e. The van der Waals surface area contributed by atoms with E-state index in [0.717, 1.165) is 18.6 Å². The number of nitrogens with zero attached hydrogens (tertiary/aromatic N) is 2. The van der Waals surface area contributed by atoms with E-state index in [1.54, 1.807) is 17.2 Å². The van der Waals surface area contributed by atoms with E-state index in [-0.39, 0.29) is 11.8 Å². The predicted molar refractivity (Wildman–Crippen MR) is 109 cm³/mol. The number of fused-ring (bicyclic) bond motifs is 2. The number of piperidine rings is 1. The van der Waals surface area contributed by atoms with Gasteiger partial charge < -0.3 is 20.1 Å². The van der Waals surface area contributed by atoms with Crippen LogP contribution in [0.2, 0.25) is 0 Å². The summed E-state index contributed by atoms with van der Waals surface area (Å²) in [5.74, 6) is -0.318. The Labute approximate surface area is 163 Å². The van der Waals surface area contributed by atoms with Crippen LogP contribution in [0, 0.1) is 5.82 Å². The van der Waals surface area contributed by atoms with Crippen molar-refractivity contribution in [3.63, 3.8) is 0 Å². The van der Waals surface area contributed by atoms with Crippen LogP contribution < -0.4 is 10.2 Å². The Morgan fingerprint density at radius 2 is 1.82 bits per heavy atom. The number of anilines is 2. The fourth-order valence-electron chi connectivity index (χ4n) is 4.26. The van der Waals surface area contributed by atoms with E-state index in [1.165, 1.54) is 48.2 Å². The zero-order valence-corrected chi connectivity index (χ0v) is 15.7. The molecule has 0 radical (unpaired) electrons. The lowest BCUT2D eigenvalue weighted by Crippen LogP contribution is -2.30. The van der Waals surface area contributed by atoms with Gasteiger partial charge in [0.15, 0.2) is 0 Å². The molecule has 1 fully saturated rings. The number of aromatic nitrogens is 1. The van der Waals surface area contributed by atoms with Crippen LogP contribution in [0.4, 0.5) is 20.6 Å². The van der Waals surface area contributed by atoms with E-state index in [1.807, 2.05) is 0 Å². The average Bonchev–Trinajstić information content (AvgIpc) is 3.32. The summed E-state index contributed by atoms with van der Waals surface area (Å²) in [4.78, 5) is 20.1. The smallest absolute Gasteiger partial charge is 0.322 e. The first kappa shape index (κ1) is 17.1. The number of aromatic amines is 1. The summed E-state index contributed by atoms with van der Waals surface area (Å²) in [7, 11) is 0. The molecular weight excluding hydrogens is 355 g/mol. The van der Waals surface area contributed by atoms with Crippen molar-refractivity contribution in [3.05, 3.63) is 59.5 Å². The molecule has 1 aromatic heterocycles. The lowest BCUT2D eigenvalue weighted by molar-refractivity contribution is 0.212. The van der Waals surface area contributed by atoms with Crippen LogP contribution in [-0.2, 0) is 13.1 Å². The van der Waals surface area contributed by atoms with E-state index in [9.17, 15) is 9.18 Å². The van der Waals surface area contributed by atoms with E-state index < -0.39 is 0 Å². The Balaban J connectivity index is 1.31. The van der Waals surface area contributed by atoms with Gasteiger partial charge in [0.2, 0.25) is 0 Å². The fraction of sp³-hybridized carbons (Fsp3) is 0.318. The van der Waals surface area contributed by atoms with Crippen molar-refractivity contribution in [1.82, 2.24) is 9.88 Å². The number of halogens is 1. The van der Waals surface area contributed by atoms with E-state index in [4.69, 9.17) is 0 Å². The minimum absolute atomic E-state index is 0.166. The Morgan fingerprint density at radius 1 is 1.00 bits per heavy atom. The summed E-state index contributed by atoms with van der Waals surface area (Å²) in [6.45, 7) is 3.41. The Kier molecular flexibility index (Phi) is 4.19. The normalized spacial score (nSPS) is 16.5. The second kappa shape index (κ2) is 6.86. The van der Waals surface area contributed by atoms with Gasteiger partial charge in [0.25, 0.3) is 0 Å². The van der Waals surface area contributed by atoms with Crippen LogP contribution in [0.25, 0.3) is 10.9 Å². The van der Waals surface area contributed by atoms with Gasteiger partial charge in [-0.25, -0.2) is 9.18 Å². The summed E-state index contributed by atoms with van der Waals surface area (Å²) in [6, 6.07) is 10.9. The molecule has 1 saturated heterocycles. The molecule has 2 aromatic carbocycles. The van der Waals surface area contributed by atoms with Crippen molar-refractivity contribution in [2.24, 2.45) is 0 Å². The molecule has 0 spiro atoms. The highest BCUT2D eigenvalue weighted by molar-refractivity contribution is 6.01. The molecule has 0 unspecified atom stereocenters. The van der Waals surface area contributed by atoms with Crippen molar-refractivity contribution in [3.8, 4) is 0 Å². The van der Waals surface area contributed by atoms with Crippen molar-refractivity contribution < 1.29 is 9.18 Å². The van der Waals surface area contributed by atoms with Gasteiger partial charge >= 0.3 is 6.03 Å². The molecule has 28 heavy (non-hydrogen) atoms. The lowest BCUT2D eigenvalue weighted by atomic mass is 10.1. The molecule has 5 nitrogen and oxygen atoms in total. The Bertz CT molecular complexity index is 1040. The molecule has 0 atom stereocenters. The second-order valence-electron chi connectivity index (χ2n) is 7.68. The molecule has 0 aliphatic carbocycles. The minimum Gasteiger partial charge on any atom is -0.372 e. The number of nitrogens with one attached hydrogen (secondary N) is 2. The SMILES string of the molecule is O=C(Nc1c[nH]c2ccc(F)cc12)N1Cc2ccc(N3CCCCC3)cc2C1. The van der Waals surface area contributed by atoms with Crippen LogP contribution in [0.5, 0.6) is 0 Å². The third-order valence-electron chi connectivity index (χ3n) is 5.81. The van der Waals surface area contributed by atoms with Crippen molar-refractivity contribution in [1.29, 1.82) is 0 Å². The first-order chi connectivity index (χ1) is 13.7. The number of rotatable bonds is 2. The number of hydrogen-bond donors (Lipinski definition) is 2. The third-order valence-corrected chi connectivity index (χ3v) is 5.81. The van der Waals surface area contributed by atoms with Gasteiger partial charge in [-0.2, -0.15) is 0 Å². The number of carbonyl (C=O) groups is 1. The van der Waals surface area contributed by atoms with Gasteiger partial charge in [-0.05, 0) is 60.7 Å². The molecule has 2 aliphatic heterocycles. The highest BCUT2D eigenvalue weighted by atomic mass is 19.1. The van der Waals surface area contributed by atoms with Gasteiger partial charge in [-0.15, -0.1) is 0 Å². The highest BCUT2D eigenvalue weighted by Crippen LogP contribution is 2.30. The van der Waals surface area contributed by atoms with Crippen LogP contribution >= 0.6 is 0 Å². The van der Waals surface area contributed by atoms with Crippen LogP contribution in [0.15, 0.2) is 42.6 Å². The quantitative estimate of drug-likeness (QED) is 0.670. The average molecular weight is 378 g/mol. The van der Waals surface area contributed by atoms with Crippen molar-refractivity contribution in [2.75, 3.05) is 23.3 Å². The summed E-state index contributed by atoms with van der Waals surface area (Å²) < 4.78 is 13.6. The minimum atomic E-state index is -0.318. The maximum Gasteiger partial charge on any atom is 0.322 e. The third kappa shape index (κ3) is 3.09. The molecule has 2 N–H and O–H groups in total. The van der Waals surface area contributed by atoms with Gasteiger partial charge in [0.05, 0.1) is 5.69 Å². The topological polar surface area (TPSA) is 51.4 Å². The summed E-state index contributed by atoms with van der Waals surface area (Å²) in [5.41, 5.74) is 5.06. The molecule has 2 aliphatic rings. The zero-order chi connectivity index (χ0) is 19.1. The van der Waals surface area contributed by atoms with Gasteiger partial charge in [0, 0.05) is 49.0 Å². The van der Waals surface area contributed by atoms with E-state index in [0.29, 0.717) is 24.2 Å². The fourth-order valence-corrected chi connectivity index (χ4v) is 4.26. The summed E-state index contributed by atoms with van der Waals surface area (Å²) in [5, 5.41) is 3.60. The molecular formula is C22H23FN4O.